The first kappa shape index (κ1) is 13.3. The molecule has 1 aromatic carbocycles. The Morgan fingerprint density at radius 1 is 1.16 bits per heavy atom. The first-order valence-electron chi connectivity index (χ1n) is 6.25. The van der Waals surface area contributed by atoms with E-state index in [-0.39, 0.29) is 5.75 Å². The van der Waals surface area contributed by atoms with E-state index in [1.165, 1.54) is 12.2 Å². The molecule has 1 aliphatic rings. The van der Waals surface area contributed by atoms with Gasteiger partial charge < -0.3 is 5.11 Å². The Balaban J connectivity index is 2.50. The highest BCUT2D eigenvalue weighted by atomic mass is 16.3. The molecule has 1 N–H and O–H groups in total. The third-order valence-electron chi connectivity index (χ3n) is 3.77. The van der Waals surface area contributed by atoms with Gasteiger partial charge >= 0.3 is 0 Å². The van der Waals surface area contributed by atoms with Crippen LogP contribution in [-0.2, 0) is 15.0 Å². The number of hydrogen-bond donors (Lipinski definition) is 1. The molecule has 0 radical (unpaired) electrons. The third kappa shape index (κ3) is 2.36. The molecular formula is C16H16O3. The zero-order chi connectivity index (χ0) is 14.0. The van der Waals surface area contributed by atoms with E-state index >= 15 is 0 Å². The molecule has 0 bridgehead atoms. The Kier molecular flexibility index (Phi) is 3.38. The van der Waals surface area contributed by atoms with E-state index in [0.29, 0.717) is 0 Å². The molecule has 19 heavy (non-hydrogen) atoms. The van der Waals surface area contributed by atoms with Gasteiger partial charge in [-0.15, -0.1) is 0 Å². The molecule has 0 fully saturated rings. The SMILES string of the molecule is CCC(C)(C1=CC(=O)C(=O)C=C1)c1cccc(O)c1. The maximum absolute atomic E-state index is 11.5. The molecule has 0 saturated carbocycles. The van der Waals surface area contributed by atoms with Crippen LogP contribution in [0, 0.1) is 0 Å². The van der Waals surface area contributed by atoms with E-state index in [4.69, 9.17) is 0 Å². The number of carbonyl (C=O) groups excluding carboxylic acids is 2. The Bertz CT molecular complexity index is 596. The molecule has 0 amide bonds. The summed E-state index contributed by atoms with van der Waals surface area (Å²) in [6, 6.07) is 7.00. The summed E-state index contributed by atoms with van der Waals surface area (Å²) in [7, 11) is 0. The maximum atomic E-state index is 11.5. The van der Waals surface area contributed by atoms with Crippen molar-refractivity contribution in [2.24, 2.45) is 0 Å². The number of phenols is 1. The maximum Gasteiger partial charge on any atom is 0.226 e. The van der Waals surface area contributed by atoms with E-state index in [9.17, 15) is 14.7 Å². The van der Waals surface area contributed by atoms with Crippen LogP contribution in [0.5, 0.6) is 5.75 Å². The molecule has 0 saturated heterocycles. The van der Waals surface area contributed by atoms with E-state index in [1.54, 1.807) is 24.3 Å². The van der Waals surface area contributed by atoms with Crippen LogP contribution in [0.1, 0.15) is 25.8 Å². The zero-order valence-corrected chi connectivity index (χ0v) is 11.0. The van der Waals surface area contributed by atoms with Crippen LogP contribution in [0.15, 0.2) is 48.1 Å². The highest BCUT2D eigenvalue weighted by Crippen LogP contribution is 2.38. The van der Waals surface area contributed by atoms with Gasteiger partial charge in [0.1, 0.15) is 5.75 Å². The quantitative estimate of drug-likeness (QED) is 0.668. The van der Waals surface area contributed by atoms with Crippen molar-refractivity contribution in [3.8, 4) is 5.75 Å². The van der Waals surface area contributed by atoms with E-state index in [1.807, 2.05) is 19.9 Å². The van der Waals surface area contributed by atoms with Crippen LogP contribution >= 0.6 is 0 Å². The van der Waals surface area contributed by atoms with Gasteiger partial charge in [-0.2, -0.15) is 0 Å². The van der Waals surface area contributed by atoms with Crippen LogP contribution in [0.3, 0.4) is 0 Å². The first-order chi connectivity index (χ1) is 8.97. The van der Waals surface area contributed by atoms with E-state index in [2.05, 4.69) is 0 Å². The van der Waals surface area contributed by atoms with Gasteiger partial charge in [-0.1, -0.05) is 32.1 Å². The topological polar surface area (TPSA) is 54.4 Å². The number of ketones is 2. The lowest BCUT2D eigenvalue weighted by atomic mass is 9.72. The minimum absolute atomic E-state index is 0.194. The number of hydrogen-bond acceptors (Lipinski definition) is 3. The fourth-order valence-electron chi connectivity index (χ4n) is 2.28. The van der Waals surface area contributed by atoms with Gasteiger partial charge in [-0.05, 0) is 41.8 Å². The summed E-state index contributed by atoms with van der Waals surface area (Å²) in [5.41, 5.74) is 1.32. The van der Waals surface area contributed by atoms with Crippen molar-refractivity contribution in [1.29, 1.82) is 0 Å². The van der Waals surface area contributed by atoms with Crippen molar-refractivity contribution in [2.45, 2.75) is 25.7 Å². The highest BCUT2D eigenvalue weighted by Gasteiger charge is 2.31. The van der Waals surface area contributed by atoms with Crippen molar-refractivity contribution in [3.63, 3.8) is 0 Å². The molecule has 1 unspecified atom stereocenters. The number of phenolic OH excluding ortho intramolecular Hbond substituents is 1. The zero-order valence-electron chi connectivity index (χ0n) is 11.0. The third-order valence-corrected chi connectivity index (χ3v) is 3.77. The summed E-state index contributed by atoms with van der Waals surface area (Å²) in [5.74, 6) is -0.782. The lowest BCUT2D eigenvalue weighted by molar-refractivity contribution is -0.131. The molecule has 0 aromatic heterocycles. The van der Waals surface area contributed by atoms with Gasteiger partial charge in [0.2, 0.25) is 11.6 Å². The summed E-state index contributed by atoms with van der Waals surface area (Å²) < 4.78 is 0. The van der Waals surface area contributed by atoms with Gasteiger partial charge in [0.15, 0.2) is 0 Å². The Morgan fingerprint density at radius 2 is 1.89 bits per heavy atom. The molecule has 1 aromatic rings. The standard InChI is InChI=1S/C16H16O3/c1-3-16(2,11-5-4-6-13(17)9-11)12-7-8-14(18)15(19)10-12/h4-10,17H,3H2,1-2H3. The van der Waals surface area contributed by atoms with Crippen molar-refractivity contribution in [2.75, 3.05) is 0 Å². The van der Waals surface area contributed by atoms with E-state index < -0.39 is 17.0 Å². The predicted molar refractivity (Wildman–Crippen MR) is 73.0 cm³/mol. The lowest BCUT2D eigenvalue weighted by Gasteiger charge is -2.31. The average molecular weight is 256 g/mol. The monoisotopic (exact) mass is 256 g/mol. The summed E-state index contributed by atoms with van der Waals surface area (Å²) in [5, 5.41) is 9.61. The molecule has 0 heterocycles. The fraction of sp³-hybridized carbons (Fsp3) is 0.250. The fourth-order valence-corrected chi connectivity index (χ4v) is 2.28. The molecule has 1 atom stereocenters. The smallest absolute Gasteiger partial charge is 0.226 e. The number of carbonyl (C=O) groups is 2. The normalized spacial score (nSPS) is 18.1. The summed E-state index contributed by atoms with van der Waals surface area (Å²) in [4.78, 5) is 22.8. The second kappa shape index (κ2) is 4.84. The molecule has 0 aliphatic heterocycles. The van der Waals surface area contributed by atoms with Crippen molar-refractivity contribution in [1.82, 2.24) is 0 Å². The minimum atomic E-state index is -0.489. The van der Waals surface area contributed by atoms with Crippen LogP contribution in [-0.4, -0.2) is 16.7 Å². The van der Waals surface area contributed by atoms with Crippen LogP contribution in [0.2, 0.25) is 0 Å². The lowest BCUT2D eigenvalue weighted by Crippen LogP contribution is -2.26. The minimum Gasteiger partial charge on any atom is -0.508 e. The molecule has 2 rings (SSSR count). The van der Waals surface area contributed by atoms with Crippen LogP contribution in [0.25, 0.3) is 0 Å². The second-order valence-electron chi connectivity index (χ2n) is 4.90. The molecule has 3 heteroatoms. The van der Waals surface area contributed by atoms with Gasteiger partial charge in [-0.25, -0.2) is 0 Å². The van der Waals surface area contributed by atoms with Gasteiger partial charge in [0, 0.05) is 5.41 Å². The van der Waals surface area contributed by atoms with Gasteiger partial charge in [0.05, 0.1) is 0 Å². The number of aromatic hydroxyl groups is 1. The molecule has 1 aliphatic carbocycles. The van der Waals surface area contributed by atoms with E-state index in [0.717, 1.165) is 17.6 Å². The van der Waals surface area contributed by atoms with Gasteiger partial charge in [-0.3, -0.25) is 9.59 Å². The Morgan fingerprint density at radius 3 is 2.47 bits per heavy atom. The Hall–Kier alpha value is -2.16. The predicted octanol–water partition coefficient (Wildman–Crippen LogP) is 2.69. The summed E-state index contributed by atoms with van der Waals surface area (Å²) in [6.45, 7) is 4.01. The molecular weight excluding hydrogens is 240 g/mol. The van der Waals surface area contributed by atoms with Crippen LogP contribution < -0.4 is 0 Å². The average Bonchev–Trinajstić information content (AvgIpc) is 2.41. The number of allylic oxidation sites excluding steroid dienone is 4. The van der Waals surface area contributed by atoms with Crippen molar-refractivity contribution in [3.05, 3.63) is 53.6 Å². The second-order valence-corrected chi connectivity index (χ2v) is 4.90. The number of rotatable bonds is 3. The van der Waals surface area contributed by atoms with Gasteiger partial charge in [0.25, 0.3) is 0 Å². The summed E-state index contributed by atoms with van der Waals surface area (Å²) in [6.07, 6.45) is 5.16. The van der Waals surface area contributed by atoms with Crippen molar-refractivity contribution >= 4 is 11.6 Å². The molecule has 98 valence electrons. The molecule has 3 nitrogen and oxygen atoms in total. The highest BCUT2D eigenvalue weighted by molar-refractivity contribution is 6.46. The van der Waals surface area contributed by atoms with Crippen LogP contribution in [0.4, 0.5) is 0 Å². The number of benzene rings is 1. The molecule has 0 spiro atoms. The largest absolute Gasteiger partial charge is 0.508 e. The summed E-state index contributed by atoms with van der Waals surface area (Å²) >= 11 is 0. The first-order valence-corrected chi connectivity index (χ1v) is 6.25. The van der Waals surface area contributed by atoms with Crippen molar-refractivity contribution < 1.29 is 14.7 Å². The Labute approximate surface area is 112 Å².